The third kappa shape index (κ3) is 3.41. The molecule has 0 radical (unpaired) electrons. The summed E-state index contributed by atoms with van der Waals surface area (Å²) in [5.74, 6) is 1.84. The maximum atomic E-state index is 5.83. The van der Waals surface area contributed by atoms with Crippen LogP contribution < -0.4 is 11.1 Å². The molecule has 1 fully saturated rings. The average molecular weight is 246 g/mol. The maximum absolute atomic E-state index is 5.83. The Kier molecular flexibility index (Phi) is 4.51. The molecule has 1 saturated carbocycles. The van der Waals surface area contributed by atoms with E-state index in [0.29, 0.717) is 0 Å². The zero-order valence-electron chi connectivity index (χ0n) is 11.7. The van der Waals surface area contributed by atoms with Crippen molar-refractivity contribution in [1.29, 1.82) is 0 Å². The fourth-order valence-electron chi connectivity index (χ4n) is 2.89. The molecule has 0 aromatic heterocycles. The van der Waals surface area contributed by atoms with Crippen LogP contribution in [0.25, 0.3) is 0 Å². The molecule has 0 aliphatic heterocycles. The number of rotatable bonds is 4. The zero-order valence-corrected chi connectivity index (χ0v) is 11.7. The van der Waals surface area contributed by atoms with Gasteiger partial charge in [0.25, 0.3) is 0 Å². The topological polar surface area (TPSA) is 38.0 Å². The number of nitrogen functional groups attached to an aromatic ring is 1. The first-order valence-electron chi connectivity index (χ1n) is 7.29. The van der Waals surface area contributed by atoms with E-state index in [1.54, 1.807) is 0 Å². The van der Waals surface area contributed by atoms with Crippen LogP contribution in [0, 0.1) is 18.8 Å². The molecule has 3 N–H and O–H groups in total. The van der Waals surface area contributed by atoms with E-state index in [4.69, 9.17) is 5.73 Å². The molecule has 0 bridgehead atoms. The molecule has 100 valence electrons. The van der Waals surface area contributed by atoms with E-state index >= 15 is 0 Å². The molecular formula is C16H26N2. The molecule has 2 nitrogen and oxygen atoms in total. The van der Waals surface area contributed by atoms with Gasteiger partial charge in [-0.2, -0.15) is 0 Å². The monoisotopic (exact) mass is 246 g/mol. The van der Waals surface area contributed by atoms with Gasteiger partial charge in [0.1, 0.15) is 0 Å². The number of hydrogen-bond acceptors (Lipinski definition) is 2. The van der Waals surface area contributed by atoms with Crippen LogP contribution in [0.3, 0.4) is 0 Å². The van der Waals surface area contributed by atoms with Crippen LogP contribution in [0.15, 0.2) is 18.2 Å². The molecule has 2 heteroatoms. The van der Waals surface area contributed by atoms with Crippen molar-refractivity contribution in [3.63, 3.8) is 0 Å². The summed E-state index contributed by atoms with van der Waals surface area (Å²) in [6.07, 6.45) is 6.98. The summed E-state index contributed by atoms with van der Waals surface area (Å²) in [7, 11) is 0. The molecule has 0 saturated heterocycles. The van der Waals surface area contributed by atoms with Crippen LogP contribution in [-0.4, -0.2) is 6.54 Å². The summed E-state index contributed by atoms with van der Waals surface area (Å²) in [6, 6.07) is 6.22. The minimum atomic E-state index is 0.852. The number of anilines is 2. The standard InChI is InChI=1S/C16H26N2/c1-3-13-4-6-14(7-5-13)11-18-15-8-9-16(17)12(2)10-15/h8-10,13-14,18H,3-7,11,17H2,1-2H3. The molecule has 0 spiro atoms. The largest absolute Gasteiger partial charge is 0.399 e. The van der Waals surface area contributed by atoms with Crippen molar-refractivity contribution in [1.82, 2.24) is 0 Å². The Balaban J connectivity index is 1.79. The van der Waals surface area contributed by atoms with Crippen molar-refractivity contribution in [2.24, 2.45) is 11.8 Å². The SMILES string of the molecule is CCC1CCC(CNc2ccc(N)c(C)c2)CC1. The number of benzene rings is 1. The molecular weight excluding hydrogens is 220 g/mol. The molecule has 1 aromatic carbocycles. The van der Waals surface area contributed by atoms with E-state index in [1.165, 1.54) is 37.8 Å². The van der Waals surface area contributed by atoms with Crippen molar-refractivity contribution >= 4 is 11.4 Å². The fraction of sp³-hybridized carbons (Fsp3) is 0.625. The van der Waals surface area contributed by atoms with Gasteiger partial charge < -0.3 is 11.1 Å². The molecule has 2 rings (SSSR count). The van der Waals surface area contributed by atoms with E-state index in [1.807, 2.05) is 6.07 Å². The highest BCUT2D eigenvalue weighted by Gasteiger charge is 2.19. The highest BCUT2D eigenvalue weighted by atomic mass is 14.9. The van der Waals surface area contributed by atoms with Crippen LogP contribution in [0.5, 0.6) is 0 Å². The van der Waals surface area contributed by atoms with Gasteiger partial charge in [-0.15, -0.1) is 0 Å². The van der Waals surface area contributed by atoms with Gasteiger partial charge in [0.2, 0.25) is 0 Å². The zero-order chi connectivity index (χ0) is 13.0. The Labute approximate surface area is 111 Å². The van der Waals surface area contributed by atoms with Crippen molar-refractivity contribution < 1.29 is 0 Å². The van der Waals surface area contributed by atoms with Crippen LogP contribution >= 0.6 is 0 Å². The first-order chi connectivity index (χ1) is 8.69. The quantitative estimate of drug-likeness (QED) is 0.781. The predicted molar refractivity (Wildman–Crippen MR) is 79.8 cm³/mol. The highest BCUT2D eigenvalue weighted by Crippen LogP contribution is 2.30. The molecule has 1 aromatic rings. The number of nitrogens with two attached hydrogens (primary N) is 1. The number of nitrogens with one attached hydrogen (secondary N) is 1. The summed E-state index contributed by atoms with van der Waals surface area (Å²) < 4.78 is 0. The van der Waals surface area contributed by atoms with E-state index in [2.05, 4.69) is 31.3 Å². The van der Waals surface area contributed by atoms with Gasteiger partial charge in [-0.05, 0) is 55.4 Å². The van der Waals surface area contributed by atoms with Crippen LogP contribution in [0.4, 0.5) is 11.4 Å². The van der Waals surface area contributed by atoms with Crippen molar-refractivity contribution in [3.8, 4) is 0 Å². The fourth-order valence-corrected chi connectivity index (χ4v) is 2.89. The smallest absolute Gasteiger partial charge is 0.0345 e. The average Bonchev–Trinajstić information content (AvgIpc) is 2.41. The molecule has 0 unspecified atom stereocenters. The van der Waals surface area contributed by atoms with Gasteiger partial charge in [-0.1, -0.05) is 26.2 Å². The Hall–Kier alpha value is -1.18. The van der Waals surface area contributed by atoms with Crippen LogP contribution in [-0.2, 0) is 0 Å². The maximum Gasteiger partial charge on any atom is 0.0345 e. The van der Waals surface area contributed by atoms with Gasteiger partial charge in [0.15, 0.2) is 0 Å². The van der Waals surface area contributed by atoms with Gasteiger partial charge >= 0.3 is 0 Å². The minimum Gasteiger partial charge on any atom is -0.399 e. The number of aryl methyl sites for hydroxylation is 1. The summed E-state index contributed by atoms with van der Waals surface area (Å²) in [6.45, 7) is 5.49. The second kappa shape index (κ2) is 6.12. The first-order valence-corrected chi connectivity index (χ1v) is 7.29. The minimum absolute atomic E-state index is 0.852. The molecule has 1 aliphatic carbocycles. The van der Waals surface area contributed by atoms with Crippen molar-refractivity contribution in [2.45, 2.75) is 46.0 Å². The Morgan fingerprint density at radius 1 is 1.17 bits per heavy atom. The summed E-state index contributed by atoms with van der Waals surface area (Å²) >= 11 is 0. The van der Waals surface area contributed by atoms with E-state index in [9.17, 15) is 0 Å². The van der Waals surface area contributed by atoms with Crippen molar-refractivity contribution in [3.05, 3.63) is 23.8 Å². The Bertz CT molecular complexity index is 379. The molecule has 0 atom stereocenters. The van der Waals surface area contributed by atoms with Gasteiger partial charge in [-0.25, -0.2) is 0 Å². The van der Waals surface area contributed by atoms with E-state index < -0.39 is 0 Å². The van der Waals surface area contributed by atoms with E-state index in [0.717, 1.165) is 29.6 Å². The lowest BCUT2D eigenvalue weighted by molar-refractivity contribution is 0.278. The second-order valence-corrected chi connectivity index (χ2v) is 5.75. The third-order valence-corrected chi connectivity index (χ3v) is 4.41. The molecule has 1 aliphatic rings. The van der Waals surface area contributed by atoms with Crippen molar-refractivity contribution in [2.75, 3.05) is 17.6 Å². The molecule has 18 heavy (non-hydrogen) atoms. The Morgan fingerprint density at radius 3 is 2.44 bits per heavy atom. The molecule has 0 heterocycles. The molecule has 0 amide bonds. The lowest BCUT2D eigenvalue weighted by atomic mass is 9.81. The van der Waals surface area contributed by atoms with Gasteiger partial charge in [0, 0.05) is 17.9 Å². The summed E-state index contributed by atoms with van der Waals surface area (Å²) in [5, 5.41) is 3.56. The predicted octanol–water partition coefficient (Wildman–Crippen LogP) is 4.21. The third-order valence-electron chi connectivity index (χ3n) is 4.41. The van der Waals surface area contributed by atoms with Crippen LogP contribution in [0.1, 0.15) is 44.6 Å². The van der Waals surface area contributed by atoms with Gasteiger partial charge in [-0.3, -0.25) is 0 Å². The lowest BCUT2D eigenvalue weighted by Gasteiger charge is -2.28. The Morgan fingerprint density at radius 2 is 1.83 bits per heavy atom. The van der Waals surface area contributed by atoms with Crippen LogP contribution in [0.2, 0.25) is 0 Å². The first kappa shape index (κ1) is 13.3. The number of hydrogen-bond donors (Lipinski definition) is 2. The highest BCUT2D eigenvalue weighted by molar-refractivity contribution is 5.56. The lowest BCUT2D eigenvalue weighted by Crippen LogP contribution is -2.21. The van der Waals surface area contributed by atoms with E-state index in [-0.39, 0.29) is 0 Å². The summed E-state index contributed by atoms with van der Waals surface area (Å²) in [4.78, 5) is 0. The second-order valence-electron chi connectivity index (χ2n) is 5.75. The normalized spacial score (nSPS) is 23.9. The summed E-state index contributed by atoms with van der Waals surface area (Å²) in [5.41, 5.74) is 9.08. The van der Waals surface area contributed by atoms with Gasteiger partial charge in [0.05, 0.1) is 0 Å².